The highest BCUT2D eigenvalue weighted by Crippen LogP contribution is 2.23. The first kappa shape index (κ1) is 13.8. The number of carboxylic acid groups (broad SMARTS) is 1. The molecule has 104 valence electrons. The lowest BCUT2D eigenvalue weighted by atomic mass is 9.97. The second kappa shape index (κ2) is 5.99. The molecule has 0 aliphatic carbocycles. The quantitative estimate of drug-likeness (QED) is 0.752. The third-order valence-electron chi connectivity index (χ3n) is 4.38. The SMILES string of the molecule is CNC(CN1CC2CCCCN2CC1C)C(=O)O. The molecule has 5 nitrogen and oxygen atoms in total. The number of rotatable bonds is 4. The minimum absolute atomic E-state index is 0.453. The van der Waals surface area contributed by atoms with E-state index in [1.165, 1.54) is 25.8 Å². The zero-order chi connectivity index (χ0) is 13.1. The van der Waals surface area contributed by atoms with Crippen LogP contribution in [-0.2, 0) is 4.79 Å². The molecule has 2 aliphatic rings. The zero-order valence-corrected chi connectivity index (χ0v) is 11.4. The first-order valence-electron chi connectivity index (χ1n) is 7.00. The summed E-state index contributed by atoms with van der Waals surface area (Å²) in [7, 11) is 1.72. The van der Waals surface area contributed by atoms with Gasteiger partial charge in [-0.3, -0.25) is 14.6 Å². The Balaban J connectivity index is 1.94. The lowest BCUT2D eigenvalue weighted by Crippen LogP contribution is -2.61. The van der Waals surface area contributed by atoms with E-state index in [1.54, 1.807) is 7.05 Å². The zero-order valence-electron chi connectivity index (χ0n) is 11.4. The van der Waals surface area contributed by atoms with E-state index in [0.29, 0.717) is 18.6 Å². The number of likely N-dealkylation sites (N-methyl/N-ethyl adjacent to an activating group) is 1. The van der Waals surface area contributed by atoms with Crippen LogP contribution in [0.15, 0.2) is 0 Å². The number of nitrogens with zero attached hydrogens (tertiary/aromatic N) is 2. The Labute approximate surface area is 109 Å². The molecule has 0 saturated carbocycles. The number of carboxylic acids is 1. The summed E-state index contributed by atoms with van der Waals surface area (Å²) in [5, 5.41) is 12.0. The summed E-state index contributed by atoms with van der Waals surface area (Å²) < 4.78 is 0. The highest BCUT2D eigenvalue weighted by atomic mass is 16.4. The van der Waals surface area contributed by atoms with E-state index in [0.717, 1.165) is 13.1 Å². The maximum Gasteiger partial charge on any atom is 0.322 e. The van der Waals surface area contributed by atoms with Gasteiger partial charge in [0.15, 0.2) is 0 Å². The summed E-state index contributed by atoms with van der Waals surface area (Å²) in [6.45, 7) is 6.14. The Morgan fingerprint density at radius 1 is 1.44 bits per heavy atom. The molecule has 3 atom stereocenters. The lowest BCUT2D eigenvalue weighted by Gasteiger charge is -2.48. The molecule has 0 aromatic carbocycles. The maximum absolute atomic E-state index is 11.1. The van der Waals surface area contributed by atoms with Crippen LogP contribution in [0.25, 0.3) is 0 Å². The van der Waals surface area contributed by atoms with Gasteiger partial charge in [-0.1, -0.05) is 6.42 Å². The molecule has 18 heavy (non-hydrogen) atoms. The molecule has 0 spiro atoms. The topological polar surface area (TPSA) is 55.8 Å². The van der Waals surface area contributed by atoms with Gasteiger partial charge in [-0.05, 0) is 33.4 Å². The fourth-order valence-corrected chi connectivity index (χ4v) is 3.19. The van der Waals surface area contributed by atoms with Gasteiger partial charge in [0.05, 0.1) is 0 Å². The van der Waals surface area contributed by atoms with Crippen molar-refractivity contribution < 1.29 is 9.90 Å². The number of piperidine rings is 1. The van der Waals surface area contributed by atoms with Gasteiger partial charge in [0, 0.05) is 31.7 Å². The molecular formula is C13H25N3O2. The normalized spacial score (nSPS) is 31.9. The summed E-state index contributed by atoms with van der Waals surface area (Å²) in [5.41, 5.74) is 0. The molecule has 0 bridgehead atoms. The lowest BCUT2D eigenvalue weighted by molar-refractivity contribution is -0.140. The molecule has 0 amide bonds. The summed E-state index contributed by atoms with van der Waals surface area (Å²) in [6, 6.07) is 0.637. The van der Waals surface area contributed by atoms with Crippen molar-refractivity contribution in [2.24, 2.45) is 0 Å². The first-order chi connectivity index (χ1) is 8.61. The Morgan fingerprint density at radius 2 is 2.22 bits per heavy atom. The monoisotopic (exact) mass is 255 g/mol. The van der Waals surface area contributed by atoms with Crippen LogP contribution in [0, 0.1) is 0 Å². The average Bonchev–Trinajstić information content (AvgIpc) is 2.35. The molecule has 0 aromatic rings. The second-order valence-electron chi connectivity index (χ2n) is 5.63. The van der Waals surface area contributed by atoms with Gasteiger partial charge >= 0.3 is 5.97 Å². The minimum Gasteiger partial charge on any atom is -0.480 e. The Kier molecular flexibility index (Phi) is 4.59. The van der Waals surface area contributed by atoms with Crippen LogP contribution in [0.5, 0.6) is 0 Å². The summed E-state index contributed by atoms with van der Waals surface area (Å²) in [4.78, 5) is 16.0. The number of carbonyl (C=O) groups is 1. The van der Waals surface area contributed by atoms with Gasteiger partial charge in [-0.15, -0.1) is 0 Å². The van der Waals surface area contributed by atoms with E-state index >= 15 is 0 Å². The Hall–Kier alpha value is -0.650. The predicted molar refractivity (Wildman–Crippen MR) is 70.7 cm³/mol. The third-order valence-corrected chi connectivity index (χ3v) is 4.38. The number of hydrogen-bond acceptors (Lipinski definition) is 4. The second-order valence-corrected chi connectivity index (χ2v) is 5.63. The van der Waals surface area contributed by atoms with Crippen molar-refractivity contribution in [3.63, 3.8) is 0 Å². The number of aliphatic carboxylic acids is 1. The highest BCUT2D eigenvalue weighted by Gasteiger charge is 2.34. The van der Waals surface area contributed by atoms with Crippen LogP contribution in [0.3, 0.4) is 0 Å². The van der Waals surface area contributed by atoms with Crippen molar-refractivity contribution in [1.29, 1.82) is 0 Å². The maximum atomic E-state index is 11.1. The van der Waals surface area contributed by atoms with Crippen LogP contribution < -0.4 is 5.32 Å². The van der Waals surface area contributed by atoms with Crippen LogP contribution in [0.2, 0.25) is 0 Å². The number of nitrogens with one attached hydrogen (secondary N) is 1. The largest absolute Gasteiger partial charge is 0.480 e. The van der Waals surface area contributed by atoms with Gasteiger partial charge < -0.3 is 10.4 Å². The van der Waals surface area contributed by atoms with E-state index < -0.39 is 12.0 Å². The molecule has 2 aliphatic heterocycles. The highest BCUT2D eigenvalue weighted by molar-refractivity contribution is 5.73. The summed E-state index contributed by atoms with van der Waals surface area (Å²) in [5.74, 6) is -0.754. The number of hydrogen-bond donors (Lipinski definition) is 2. The van der Waals surface area contributed by atoms with E-state index in [2.05, 4.69) is 22.0 Å². The van der Waals surface area contributed by atoms with E-state index in [1.807, 2.05) is 0 Å². The summed E-state index contributed by atoms with van der Waals surface area (Å²) >= 11 is 0. The standard InChI is InChI=1S/C13H25N3O2/c1-10-7-15-6-4-3-5-11(15)8-16(10)9-12(14-2)13(17)18/h10-12,14H,3-9H2,1-2H3,(H,17,18). The van der Waals surface area contributed by atoms with Crippen molar-refractivity contribution >= 4 is 5.97 Å². The van der Waals surface area contributed by atoms with Crippen LogP contribution in [-0.4, -0.2) is 72.2 Å². The molecule has 2 N–H and O–H groups in total. The Morgan fingerprint density at radius 3 is 2.89 bits per heavy atom. The molecular weight excluding hydrogens is 230 g/mol. The molecule has 2 saturated heterocycles. The van der Waals surface area contributed by atoms with Crippen molar-refractivity contribution in [3.8, 4) is 0 Å². The van der Waals surface area contributed by atoms with E-state index in [9.17, 15) is 4.79 Å². The van der Waals surface area contributed by atoms with Gasteiger partial charge in [-0.2, -0.15) is 0 Å². The number of piperazine rings is 1. The third kappa shape index (κ3) is 3.02. The van der Waals surface area contributed by atoms with Crippen LogP contribution >= 0.6 is 0 Å². The van der Waals surface area contributed by atoms with Gasteiger partial charge in [0.1, 0.15) is 6.04 Å². The van der Waals surface area contributed by atoms with Crippen LogP contribution in [0.4, 0.5) is 0 Å². The van der Waals surface area contributed by atoms with Gasteiger partial charge in [0.25, 0.3) is 0 Å². The molecule has 0 radical (unpaired) electrons. The smallest absolute Gasteiger partial charge is 0.322 e. The van der Waals surface area contributed by atoms with Crippen molar-refractivity contribution in [2.75, 3.05) is 33.2 Å². The predicted octanol–water partition coefficient (Wildman–Crippen LogP) is 0.218. The molecule has 2 heterocycles. The summed E-state index contributed by atoms with van der Waals surface area (Å²) in [6.07, 6.45) is 3.90. The Bertz CT molecular complexity index is 298. The molecule has 0 aromatic heterocycles. The van der Waals surface area contributed by atoms with Crippen molar-refractivity contribution in [3.05, 3.63) is 0 Å². The van der Waals surface area contributed by atoms with E-state index in [-0.39, 0.29) is 0 Å². The first-order valence-corrected chi connectivity index (χ1v) is 7.00. The van der Waals surface area contributed by atoms with Crippen molar-refractivity contribution in [2.45, 2.75) is 44.3 Å². The molecule has 5 heteroatoms. The molecule has 3 unspecified atom stereocenters. The number of fused-ring (bicyclic) bond motifs is 1. The van der Waals surface area contributed by atoms with Crippen molar-refractivity contribution in [1.82, 2.24) is 15.1 Å². The fraction of sp³-hybridized carbons (Fsp3) is 0.923. The molecule has 2 fully saturated rings. The average molecular weight is 255 g/mol. The molecule has 2 rings (SSSR count). The van der Waals surface area contributed by atoms with Gasteiger partial charge in [0.2, 0.25) is 0 Å². The van der Waals surface area contributed by atoms with Gasteiger partial charge in [-0.25, -0.2) is 0 Å². The van der Waals surface area contributed by atoms with Crippen LogP contribution in [0.1, 0.15) is 26.2 Å². The van der Waals surface area contributed by atoms with E-state index in [4.69, 9.17) is 5.11 Å². The minimum atomic E-state index is -0.754. The fourth-order valence-electron chi connectivity index (χ4n) is 3.19.